The summed E-state index contributed by atoms with van der Waals surface area (Å²) in [6, 6.07) is 10.2. The quantitative estimate of drug-likeness (QED) is 0.697. The minimum atomic E-state index is -3.86. The van der Waals surface area contributed by atoms with Crippen molar-refractivity contribution < 1.29 is 17.6 Å². The van der Waals surface area contributed by atoms with Gasteiger partial charge in [-0.2, -0.15) is 0 Å². The van der Waals surface area contributed by atoms with Crippen molar-refractivity contribution >= 4 is 27.2 Å². The van der Waals surface area contributed by atoms with Crippen LogP contribution in [0.15, 0.2) is 53.6 Å². The zero-order valence-electron chi connectivity index (χ0n) is 11.7. The second kappa shape index (κ2) is 5.06. The van der Waals surface area contributed by atoms with Gasteiger partial charge in [-0.3, -0.25) is 4.79 Å². The number of aldehydes is 1. The van der Waals surface area contributed by atoms with Crippen LogP contribution in [0.3, 0.4) is 0 Å². The summed E-state index contributed by atoms with van der Waals surface area (Å²) in [6.07, 6.45) is 1.74. The van der Waals surface area contributed by atoms with Gasteiger partial charge in [0.25, 0.3) is 10.0 Å². The molecule has 0 aliphatic rings. The maximum absolute atomic E-state index is 13.4. The van der Waals surface area contributed by atoms with E-state index in [0.717, 1.165) is 10.0 Å². The van der Waals surface area contributed by atoms with Crippen LogP contribution in [-0.4, -0.2) is 18.7 Å². The molecule has 0 radical (unpaired) electrons. The summed E-state index contributed by atoms with van der Waals surface area (Å²) in [5.74, 6) is -0.526. The van der Waals surface area contributed by atoms with Crippen molar-refractivity contribution in [2.24, 2.45) is 0 Å². The zero-order valence-corrected chi connectivity index (χ0v) is 12.5. The number of carbonyl (C=O) groups excluding carboxylic acids is 1. The first-order chi connectivity index (χ1) is 10.4. The lowest BCUT2D eigenvalue weighted by molar-refractivity contribution is 0.112. The van der Waals surface area contributed by atoms with E-state index >= 15 is 0 Å². The molecule has 0 saturated heterocycles. The summed E-state index contributed by atoms with van der Waals surface area (Å²) in [7, 11) is -3.86. The van der Waals surface area contributed by atoms with Gasteiger partial charge in [0.2, 0.25) is 0 Å². The van der Waals surface area contributed by atoms with Crippen LogP contribution in [0.4, 0.5) is 4.39 Å². The molecule has 0 amide bonds. The van der Waals surface area contributed by atoms with Gasteiger partial charge in [0.15, 0.2) is 6.29 Å². The number of nitrogens with zero attached hydrogens (tertiary/aromatic N) is 1. The molecule has 2 aromatic carbocycles. The van der Waals surface area contributed by atoms with Crippen molar-refractivity contribution in [3.63, 3.8) is 0 Å². The first kappa shape index (κ1) is 14.5. The lowest BCUT2D eigenvalue weighted by Gasteiger charge is -2.09. The van der Waals surface area contributed by atoms with Crippen molar-refractivity contribution in [3.8, 4) is 0 Å². The Kier molecular flexibility index (Phi) is 3.33. The SMILES string of the molecule is Cc1ccccc1S(=O)(=O)n1cc(C=O)c2cc(F)ccc21. The van der Waals surface area contributed by atoms with Gasteiger partial charge in [0, 0.05) is 17.1 Å². The smallest absolute Gasteiger partial charge is 0.268 e. The summed E-state index contributed by atoms with van der Waals surface area (Å²) in [6.45, 7) is 1.69. The van der Waals surface area contributed by atoms with Crippen LogP contribution < -0.4 is 0 Å². The molecule has 0 N–H and O–H groups in total. The van der Waals surface area contributed by atoms with E-state index in [2.05, 4.69) is 0 Å². The zero-order chi connectivity index (χ0) is 15.9. The van der Waals surface area contributed by atoms with Gasteiger partial charge in [-0.25, -0.2) is 16.8 Å². The second-order valence-electron chi connectivity index (χ2n) is 4.93. The highest BCUT2D eigenvalue weighted by molar-refractivity contribution is 7.90. The van der Waals surface area contributed by atoms with Gasteiger partial charge in [0.05, 0.1) is 10.4 Å². The maximum atomic E-state index is 13.4. The Morgan fingerprint density at radius 3 is 2.55 bits per heavy atom. The predicted molar refractivity (Wildman–Crippen MR) is 81.0 cm³/mol. The number of benzene rings is 2. The number of halogens is 1. The van der Waals surface area contributed by atoms with Crippen LogP contribution in [0.5, 0.6) is 0 Å². The number of hydrogen-bond donors (Lipinski definition) is 0. The van der Waals surface area contributed by atoms with Gasteiger partial charge in [-0.05, 0) is 36.8 Å². The van der Waals surface area contributed by atoms with Crippen molar-refractivity contribution in [3.05, 3.63) is 65.6 Å². The molecule has 3 rings (SSSR count). The topological polar surface area (TPSA) is 56.1 Å². The molecule has 0 unspecified atom stereocenters. The average Bonchev–Trinajstić information content (AvgIpc) is 2.86. The third kappa shape index (κ3) is 2.12. The number of fused-ring (bicyclic) bond motifs is 1. The number of rotatable bonds is 3. The molecule has 0 aliphatic carbocycles. The highest BCUT2D eigenvalue weighted by atomic mass is 32.2. The third-order valence-electron chi connectivity index (χ3n) is 3.52. The summed E-state index contributed by atoms with van der Waals surface area (Å²) < 4.78 is 40.1. The van der Waals surface area contributed by atoms with Gasteiger partial charge >= 0.3 is 0 Å². The van der Waals surface area contributed by atoms with Crippen molar-refractivity contribution in [1.82, 2.24) is 3.97 Å². The molecule has 112 valence electrons. The number of hydrogen-bond acceptors (Lipinski definition) is 3. The summed E-state index contributed by atoms with van der Waals surface area (Å²) >= 11 is 0. The summed E-state index contributed by atoms with van der Waals surface area (Å²) in [5.41, 5.74) is 0.998. The Hall–Kier alpha value is -2.47. The van der Waals surface area contributed by atoms with Crippen molar-refractivity contribution in [2.75, 3.05) is 0 Å². The van der Waals surface area contributed by atoms with Crippen LogP contribution in [0, 0.1) is 12.7 Å². The lowest BCUT2D eigenvalue weighted by atomic mass is 10.2. The predicted octanol–water partition coefficient (Wildman–Crippen LogP) is 3.14. The van der Waals surface area contributed by atoms with E-state index in [1.807, 2.05) is 0 Å². The van der Waals surface area contributed by atoms with E-state index in [9.17, 15) is 17.6 Å². The van der Waals surface area contributed by atoms with Crippen LogP contribution in [0.1, 0.15) is 15.9 Å². The summed E-state index contributed by atoms with van der Waals surface area (Å²) in [5, 5.41) is 0.271. The van der Waals surface area contributed by atoms with E-state index in [1.54, 1.807) is 25.1 Å². The molecular formula is C16H12FNO3S. The van der Waals surface area contributed by atoms with Gasteiger partial charge in [-0.15, -0.1) is 0 Å². The Labute approximate surface area is 126 Å². The molecule has 0 spiro atoms. The molecule has 3 aromatic rings. The molecular weight excluding hydrogens is 305 g/mol. The minimum absolute atomic E-state index is 0.131. The fourth-order valence-corrected chi connectivity index (χ4v) is 4.05. The minimum Gasteiger partial charge on any atom is -0.298 e. The van der Waals surface area contributed by atoms with Gasteiger partial charge in [-0.1, -0.05) is 18.2 Å². The molecule has 0 aliphatic heterocycles. The van der Waals surface area contributed by atoms with Crippen molar-refractivity contribution in [1.29, 1.82) is 0 Å². The molecule has 0 saturated carbocycles. The van der Waals surface area contributed by atoms with Gasteiger partial charge in [0.1, 0.15) is 5.82 Å². The Balaban J connectivity index is 2.35. The van der Waals surface area contributed by atoms with E-state index in [0.29, 0.717) is 11.8 Å². The van der Waals surface area contributed by atoms with Crippen LogP contribution >= 0.6 is 0 Å². The maximum Gasteiger partial charge on any atom is 0.268 e. The number of carbonyl (C=O) groups is 1. The van der Waals surface area contributed by atoms with Crippen LogP contribution in [0.2, 0.25) is 0 Å². The molecule has 6 heteroatoms. The van der Waals surface area contributed by atoms with E-state index < -0.39 is 15.8 Å². The molecule has 22 heavy (non-hydrogen) atoms. The molecule has 4 nitrogen and oxygen atoms in total. The highest BCUT2D eigenvalue weighted by Gasteiger charge is 2.22. The Morgan fingerprint density at radius 1 is 1.14 bits per heavy atom. The second-order valence-corrected chi connectivity index (χ2v) is 6.71. The first-order valence-electron chi connectivity index (χ1n) is 6.52. The lowest BCUT2D eigenvalue weighted by Crippen LogP contribution is -2.13. The molecule has 0 bridgehead atoms. The standard InChI is InChI=1S/C16H12FNO3S/c1-11-4-2-3-5-16(11)22(20,21)18-9-12(10-19)14-8-13(17)6-7-15(14)18/h2-10H,1H3. The fraction of sp³-hybridized carbons (Fsp3) is 0.0625. The van der Waals surface area contributed by atoms with E-state index in [1.165, 1.54) is 24.4 Å². The van der Waals surface area contributed by atoms with Crippen LogP contribution in [-0.2, 0) is 10.0 Å². The average molecular weight is 317 g/mol. The summed E-state index contributed by atoms with van der Waals surface area (Å²) in [4.78, 5) is 11.3. The third-order valence-corrected chi connectivity index (χ3v) is 5.35. The van der Waals surface area contributed by atoms with E-state index in [4.69, 9.17) is 0 Å². The van der Waals surface area contributed by atoms with Crippen molar-refractivity contribution in [2.45, 2.75) is 11.8 Å². The number of aryl methyl sites for hydroxylation is 1. The molecule has 1 heterocycles. The first-order valence-corrected chi connectivity index (χ1v) is 7.96. The monoisotopic (exact) mass is 317 g/mol. The van der Waals surface area contributed by atoms with E-state index in [-0.39, 0.29) is 21.4 Å². The Bertz CT molecular complexity index is 990. The highest BCUT2D eigenvalue weighted by Crippen LogP contribution is 2.27. The normalized spacial score (nSPS) is 11.7. The molecule has 0 fully saturated rings. The largest absolute Gasteiger partial charge is 0.298 e. The Morgan fingerprint density at radius 2 is 1.86 bits per heavy atom. The fourth-order valence-electron chi connectivity index (χ4n) is 2.44. The van der Waals surface area contributed by atoms with Gasteiger partial charge < -0.3 is 0 Å². The molecule has 1 aromatic heterocycles. The van der Waals surface area contributed by atoms with Crippen LogP contribution in [0.25, 0.3) is 10.9 Å². The number of aromatic nitrogens is 1. The molecule has 0 atom stereocenters.